The van der Waals surface area contributed by atoms with Crippen molar-refractivity contribution in [1.29, 1.82) is 0 Å². The molecule has 3 aromatic rings. The molecule has 0 saturated carbocycles. The second kappa shape index (κ2) is 9.45. The van der Waals surface area contributed by atoms with E-state index in [-0.39, 0.29) is 12.5 Å². The van der Waals surface area contributed by atoms with Gasteiger partial charge in [-0.2, -0.15) is 0 Å². The Balaban J connectivity index is 1.65. The summed E-state index contributed by atoms with van der Waals surface area (Å²) in [6.45, 7) is 0.383. The molecule has 0 aliphatic carbocycles. The SMILES string of the molecule is O=CC[C@@H](Oc1ccccc1)c1ccc(OCc2ccc(Cl)c(Cl)c2)cc1. The van der Waals surface area contributed by atoms with Crippen LogP contribution in [0, 0.1) is 0 Å². The van der Waals surface area contributed by atoms with Crippen LogP contribution in [0.5, 0.6) is 11.5 Å². The predicted octanol–water partition coefficient (Wildman–Crippen LogP) is 6.28. The van der Waals surface area contributed by atoms with Gasteiger partial charge in [-0.15, -0.1) is 0 Å². The van der Waals surface area contributed by atoms with Crippen molar-refractivity contribution in [3.05, 3.63) is 94.0 Å². The van der Waals surface area contributed by atoms with Crippen LogP contribution in [0.3, 0.4) is 0 Å². The maximum absolute atomic E-state index is 11.0. The van der Waals surface area contributed by atoms with Crippen LogP contribution in [0.2, 0.25) is 10.0 Å². The molecule has 0 spiro atoms. The number of carbonyl (C=O) groups excluding carboxylic acids is 1. The number of para-hydroxylation sites is 1. The Morgan fingerprint density at radius 2 is 1.59 bits per heavy atom. The summed E-state index contributed by atoms with van der Waals surface area (Å²) < 4.78 is 11.7. The maximum atomic E-state index is 11.0. The predicted molar refractivity (Wildman–Crippen MR) is 108 cm³/mol. The van der Waals surface area contributed by atoms with Gasteiger partial charge in [0.2, 0.25) is 0 Å². The second-order valence-electron chi connectivity index (χ2n) is 5.93. The molecule has 138 valence electrons. The van der Waals surface area contributed by atoms with Gasteiger partial charge in [0, 0.05) is 6.42 Å². The minimum Gasteiger partial charge on any atom is -0.489 e. The fourth-order valence-electron chi connectivity index (χ4n) is 2.58. The van der Waals surface area contributed by atoms with Gasteiger partial charge in [0.25, 0.3) is 0 Å². The van der Waals surface area contributed by atoms with Gasteiger partial charge < -0.3 is 14.3 Å². The highest BCUT2D eigenvalue weighted by Crippen LogP contribution is 2.27. The van der Waals surface area contributed by atoms with E-state index in [2.05, 4.69) is 0 Å². The van der Waals surface area contributed by atoms with Crippen LogP contribution in [0.15, 0.2) is 72.8 Å². The summed E-state index contributed by atoms with van der Waals surface area (Å²) in [5.74, 6) is 1.44. The smallest absolute Gasteiger partial charge is 0.130 e. The number of halogens is 2. The van der Waals surface area contributed by atoms with Crippen molar-refractivity contribution in [3.8, 4) is 11.5 Å². The molecule has 0 heterocycles. The standard InChI is InChI=1S/C22H18Cl2O3/c23-20-11-6-16(14-21(20)24)15-26-18-9-7-17(8-10-18)22(12-13-25)27-19-4-2-1-3-5-19/h1-11,13-14,22H,12,15H2/t22-/m1/s1. The Morgan fingerprint density at radius 1 is 0.852 bits per heavy atom. The summed E-state index contributed by atoms with van der Waals surface area (Å²) >= 11 is 11.9. The topological polar surface area (TPSA) is 35.5 Å². The van der Waals surface area contributed by atoms with E-state index in [0.29, 0.717) is 16.7 Å². The van der Waals surface area contributed by atoms with Gasteiger partial charge >= 0.3 is 0 Å². The Morgan fingerprint density at radius 3 is 2.26 bits per heavy atom. The molecule has 3 nitrogen and oxygen atoms in total. The summed E-state index contributed by atoms with van der Waals surface area (Å²) in [5.41, 5.74) is 1.84. The van der Waals surface area contributed by atoms with Gasteiger partial charge in [-0.3, -0.25) is 0 Å². The molecule has 1 atom stereocenters. The Hall–Kier alpha value is -2.49. The number of carbonyl (C=O) groups is 1. The van der Waals surface area contributed by atoms with Gasteiger partial charge in [0.05, 0.1) is 10.0 Å². The zero-order valence-corrected chi connectivity index (χ0v) is 16.0. The second-order valence-corrected chi connectivity index (χ2v) is 6.74. The zero-order valence-electron chi connectivity index (χ0n) is 14.5. The highest BCUT2D eigenvalue weighted by molar-refractivity contribution is 6.42. The number of benzene rings is 3. The van der Waals surface area contributed by atoms with Gasteiger partial charge in [-0.05, 0) is 47.5 Å². The normalized spacial score (nSPS) is 11.6. The van der Waals surface area contributed by atoms with Gasteiger partial charge in [0.15, 0.2) is 0 Å². The summed E-state index contributed by atoms with van der Waals surface area (Å²) in [5, 5.41) is 1.02. The largest absolute Gasteiger partial charge is 0.489 e. The summed E-state index contributed by atoms with van der Waals surface area (Å²) in [7, 11) is 0. The van der Waals surface area contributed by atoms with E-state index in [1.807, 2.05) is 60.7 Å². The molecule has 0 aliphatic rings. The van der Waals surface area contributed by atoms with Crippen molar-refractivity contribution >= 4 is 29.5 Å². The first kappa shape index (κ1) is 19.3. The van der Waals surface area contributed by atoms with Crippen molar-refractivity contribution in [2.45, 2.75) is 19.1 Å². The highest BCUT2D eigenvalue weighted by atomic mass is 35.5. The molecule has 0 aromatic heterocycles. The molecular weight excluding hydrogens is 383 g/mol. The number of rotatable bonds is 8. The molecule has 0 fully saturated rings. The quantitative estimate of drug-likeness (QED) is 0.417. The number of hydrogen-bond donors (Lipinski definition) is 0. The molecule has 0 aliphatic heterocycles. The third-order valence-corrected chi connectivity index (χ3v) is 4.71. The van der Waals surface area contributed by atoms with Crippen molar-refractivity contribution in [1.82, 2.24) is 0 Å². The average molecular weight is 401 g/mol. The van der Waals surface area contributed by atoms with Crippen LogP contribution < -0.4 is 9.47 Å². The first-order chi connectivity index (χ1) is 13.2. The molecule has 0 bridgehead atoms. The van der Waals surface area contributed by atoms with Crippen molar-refractivity contribution in [2.75, 3.05) is 0 Å². The van der Waals surface area contributed by atoms with Crippen molar-refractivity contribution in [2.24, 2.45) is 0 Å². The average Bonchev–Trinajstić information content (AvgIpc) is 2.70. The van der Waals surface area contributed by atoms with E-state index in [0.717, 1.165) is 28.9 Å². The first-order valence-corrected chi connectivity index (χ1v) is 9.23. The molecule has 0 saturated heterocycles. The van der Waals surface area contributed by atoms with E-state index in [1.54, 1.807) is 12.1 Å². The van der Waals surface area contributed by atoms with Crippen LogP contribution in [0.1, 0.15) is 23.7 Å². The number of aldehydes is 1. The maximum Gasteiger partial charge on any atom is 0.130 e. The number of ether oxygens (including phenoxy) is 2. The van der Waals surface area contributed by atoms with Gasteiger partial charge in [0.1, 0.15) is 30.5 Å². The number of hydrogen-bond acceptors (Lipinski definition) is 3. The minimum absolute atomic E-state index is 0.276. The molecule has 5 heteroatoms. The lowest BCUT2D eigenvalue weighted by molar-refractivity contribution is -0.109. The molecule has 27 heavy (non-hydrogen) atoms. The highest BCUT2D eigenvalue weighted by Gasteiger charge is 2.13. The van der Waals surface area contributed by atoms with Crippen LogP contribution in [-0.4, -0.2) is 6.29 Å². The molecule has 0 amide bonds. The zero-order chi connectivity index (χ0) is 19.1. The Bertz CT molecular complexity index is 880. The van der Waals surface area contributed by atoms with Crippen LogP contribution in [0.4, 0.5) is 0 Å². The summed E-state index contributed by atoms with van der Waals surface area (Å²) in [4.78, 5) is 11.0. The Labute approximate surface area is 168 Å². The lowest BCUT2D eigenvalue weighted by Crippen LogP contribution is -2.08. The van der Waals surface area contributed by atoms with Crippen LogP contribution >= 0.6 is 23.2 Å². The third kappa shape index (κ3) is 5.49. The van der Waals surface area contributed by atoms with E-state index >= 15 is 0 Å². The molecular formula is C22H18Cl2O3. The monoisotopic (exact) mass is 400 g/mol. The van der Waals surface area contributed by atoms with Gasteiger partial charge in [-0.1, -0.05) is 59.6 Å². The van der Waals surface area contributed by atoms with Crippen LogP contribution in [0.25, 0.3) is 0 Å². The van der Waals surface area contributed by atoms with E-state index in [1.165, 1.54) is 0 Å². The lowest BCUT2D eigenvalue weighted by atomic mass is 10.1. The fourth-order valence-corrected chi connectivity index (χ4v) is 2.90. The molecule has 0 radical (unpaired) electrons. The van der Waals surface area contributed by atoms with Gasteiger partial charge in [-0.25, -0.2) is 0 Å². The minimum atomic E-state index is -0.339. The molecule has 0 N–H and O–H groups in total. The first-order valence-electron chi connectivity index (χ1n) is 8.48. The lowest BCUT2D eigenvalue weighted by Gasteiger charge is -2.18. The molecule has 0 unspecified atom stereocenters. The molecule has 3 rings (SSSR count). The summed E-state index contributed by atoms with van der Waals surface area (Å²) in [6, 6.07) is 22.4. The van der Waals surface area contributed by atoms with E-state index in [9.17, 15) is 4.79 Å². The third-order valence-electron chi connectivity index (χ3n) is 3.97. The Kier molecular flexibility index (Phi) is 6.74. The summed E-state index contributed by atoms with van der Waals surface area (Å²) in [6.07, 6.45) is 0.801. The van der Waals surface area contributed by atoms with E-state index < -0.39 is 0 Å². The van der Waals surface area contributed by atoms with Crippen molar-refractivity contribution < 1.29 is 14.3 Å². The fraction of sp³-hybridized carbons (Fsp3) is 0.136. The van der Waals surface area contributed by atoms with Crippen LogP contribution in [-0.2, 0) is 11.4 Å². The van der Waals surface area contributed by atoms with E-state index in [4.69, 9.17) is 32.7 Å². The van der Waals surface area contributed by atoms with Crippen molar-refractivity contribution in [3.63, 3.8) is 0 Å². The molecule has 3 aromatic carbocycles.